The summed E-state index contributed by atoms with van der Waals surface area (Å²) in [5, 5.41) is 3.48. The molecule has 1 aromatic heterocycles. The van der Waals surface area contributed by atoms with Gasteiger partial charge in [0.25, 0.3) is 0 Å². The van der Waals surface area contributed by atoms with E-state index in [1.165, 1.54) is 39.9 Å². The SMILES string of the molecule is CCCC1(C)C(C)=Nc2c1ccc1sccc21.O=S(=O)=O. The Hall–Kier alpha value is -1.53. The molecule has 112 valence electrons. The summed E-state index contributed by atoms with van der Waals surface area (Å²) in [5.41, 5.74) is 4.06. The number of rotatable bonds is 2. The summed E-state index contributed by atoms with van der Waals surface area (Å²) < 4.78 is 26.7. The van der Waals surface area contributed by atoms with Crippen LogP contribution >= 0.6 is 11.3 Å². The van der Waals surface area contributed by atoms with Crippen molar-refractivity contribution in [2.45, 2.75) is 39.0 Å². The van der Waals surface area contributed by atoms with Gasteiger partial charge in [0, 0.05) is 21.2 Å². The quantitative estimate of drug-likeness (QED) is 0.837. The Morgan fingerprint density at radius 3 is 2.52 bits per heavy atom. The van der Waals surface area contributed by atoms with Crippen molar-refractivity contribution < 1.29 is 12.6 Å². The lowest BCUT2D eigenvalue weighted by atomic mass is 9.76. The first-order valence-corrected chi connectivity index (χ1v) is 8.61. The van der Waals surface area contributed by atoms with Gasteiger partial charge in [-0.1, -0.05) is 26.3 Å². The highest BCUT2D eigenvalue weighted by Gasteiger charge is 2.36. The monoisotopic (exact) mass is 323 g/mol. The zero-order valence-electron chi connectivity index (χ0n) is 12.2. The minimum absolute atomic E-state index is 0.153. The van der Waals surface area contributed by atoms with Gasteiger partial charge in [-0.05, 0) is 36.4 Å². The van der Waals surface area contributed by atoms with Crippen molar-refractivity contribution in [3.8, 4) is 0 Å². The fourth-order valence-corrected chi connectivity index (χ4v) is 3.68. The number of fused-ring (bicyclic) bond motifs is 3. The second-order valence-corrected chi connectivity index (χ2v) is 6.63. The topological polar surface area (TPSA) is 63.6 Å². The van der Waals surface area contributed by atoms with Crippen molar-refractivity contribution in [3.63, 3.8) is 0 Å². The highest BCUT2D eigenvalue weighted by atomic mass is 32.2. The van der Waals surface area contributed by atoms with Gasteiger partial charge in [0.2, 0.25) is 0 Å². The van der Waals surface area contributed by atoms with Gasteiger partial charge in [0.15, 0.2) is 0 Å². The molecule has 3 rings (SSSR count). The Morgan fingerprint density at radius 2 is 1.90 bits per heavy atom. The molecule has 0 radical (unpaired) electrons. The molecule has 1 aliphatic heterocycles. The predicted molar refractivity (Wildman–Crippen MR) is 86.6 cm³/mol. The van der Waals surface area contributed by atoms with E-state index in [0.29, 0.717) is 0 Å². The molecule has 0 saturated heterocycles. The van der Waals surface area contributed by atoms with Crippen LogP contribution in [-0.2, 0) is 16.0 Å². The zero-order valence-corrected chi connectivity index (χ0v) is 13.8. The second-order valence-electron chi connectivity index (χ2n) is 5.28. The first kappa shape index (κ1) is 15.9. The van der Waals surface area contributed by atoms with Crippen LogP contribution in [0, 0.1) is 0 Å². The summed E-state index contributed by atoms with van der Waals surface area (Å²) in [5.74, 6) is 0. The van der Waals surface area contributed by atoms with E-state index in [1.54, 1.807) is 11.3 Å². The first-order valence-electron chi connectivity index (χ1n) is 6.73. The lowest BCUT2D eigenvalue weighted by molar-refractivity contribution is 0.559. The smallest absolute Gasteiger partial charge is 0.256 e. The number of benzene rings is 1. The average molecular weight is 323 g/mol. The van der Waals surface area contributed by atoms with E-state index in [-0.39, 0.29) is 5.41 Å². The van der Waals surface area contributed by atoms with Gasteiger partial charge in [-0.2, -0.15) is 0 Å². The Labute approximate surface area is 129 Å². The van der Waals surface area contributed by atoms with Crippen molar-refractivity contribution in [2.24, 2.45) is 4.99 Å². The third-order valence-electron chi connectivity index (χ3n) is 4.03. The van der Waals surface area contributed by atoms with E-state index in [0.717, 1.165) is 0 Å². The van der Waals surface area contributed by atoms with Crippen molar-refractivity contribution in [3.05, 3.63) is 29.1 Å². The van der Waals surface area contributed by atoms with Gasteiger partial charge in [0.1, 0.15) is 0 Å². The second kappa shape index (κ2) is 6.07. The molecule has 0 amide bonds. The van der Waals surface area contributed by atoms with E-state index in [4.69, 9.17) is 17.6 Å². The van der Waals surface area contributed by atoms with Crippen LogP contribution in [0.4, 0.5) is 5.69 Å². The van der Waals surface area contributed by atoms with E-state index in [1.807, 2.05) is 0 Å². The normalized spacial score (nSPS) is 19.7. The van der Waals surface area contributed by atoms with Crippen LogP contribution in [0.5, 0.6) is 0 Å². The van der Waals surface area contributed by atoms with E-state index in [2.05, 4.69) is 44.4 Å². The summed E-state index contributed by atoms with van der Waals surface area (Å²) in [6.07, 6.45) is 2.38. The molecular weight excluding hydrogens is 306 g/mol. The predicted octanol–water partition coefficient (Wildman–Crippen LogP) is 4.06. The van der Waals surface area contributed by atoms with Gasteiger partial charge in [0.05, 0.1) is 5.69 Å². The Morgan fingerprint density at radius 1 is 1.24 bits per heavy atom. The molecule has 0 spiro atoms. The molecule has 0 N–H and O–H groups in total. The van der Waals surface area contributed by atoms with Crippen LogP contribution in [-0.4, -0.2) is 18.3 Å². The number of thiophene rings is 1. The summed E-state index contributed by atoms with van der Waals surface area (Å²) in [6.45, 7) is 6.76. The van der Waals surface area contributed by atoms with E-state index < -0.39 is 10.6 Å². The lowest BCUT2D eigenvalue weighted by Gasteiger charge is -2.25. The van der Waals surface area contributed by atoms with Crippen molar-refractivity contribution in [1.29, 1.82) is 0 Å². The fourth-order valence-electron chi connectivity index (χ4n) is 2.90. The van der Waals surface area contributed by atoms with Crippen LogP contribution in [0.15, 0.2) is 28.6 Å². The third kappa shape index (κ3) is 2.91. The van der Waals surface area contributed by atoms with Crippen LogP contribution < -0.4 is 0 Å². The van der Waals surface area contributed by atoms with Crippen molar-refractivity contribution in [2.75, 3.05) is 0 Å². The van der Waals surface area contributed by atoms with Crippen molar-refractivity contribution in [1.82, 2.24) is 0 Å². The maximum atomic E-state index is 8.44. The van der Waals surface area contributed by atoms with Gasteiger partial charge in [-0.25, -0.2) is 0 Å². The summed E-state index contributed by atoms with van der Waals surface area (Å²) in [7, 11) is -3.11. The largest absolute Gasteiger partial charge is 0.425 e. The first-order chi connectivity index (χ1) is 9.90. The summed E-state index contributed by atoms with van der Waals surface area (Å²) >= 11 is 1.80. The maximum absolute atomic E-state index is 8.44. The Bertz CT molecular complexity index is 799. The molecule has 1 aromatic carbocycles. The summed E-state index contributed by atoms with van der Waals surface area (Å²) in [6, 6.07) is 6.73. The molecule has 0 fully saturated rings. The van der Waals surface area contributed by atoms with Gasteiger partial charge in [-0.15, -0.1) is 24.0 Å². The van der Waals surface area contributed by atoms with E-state index >= 15 is 0 Å². The number of nitrogens with zero attached hydrogens (tertiary/aromatic N) is 1. The lowest BCUT2D eigenvalue weighted by Crippen LogP contribution is -2.27. The average Bonchev–Trinajstić information content (AvgIpc) is 2.94. The van der Waals surface area contributed by atoms with Crippen LogP contribution in [0.2, 0.25) is 0 Å². The van der Waals surface area contributed by atoms with Crippen LogP contribution in [0.3, 0.4) is 0 Å². The molecule has 1 atom stereocenters. The van der Waals surface area contributed by atoms with Crippen LogP contribution in [0.1, 0.15) is 39.2 Å². The highest BCUT2D eigenvalue weighted by Crippen LogP contribution is 2.47. The molecule has 1 aliphatic rings. The van der Waals surface area contributed by atoms with Crippen LogP contribution in [0.25, 0.3) is 10.1 Å². The highest BCUT2D eigenvalue weighted by molar-refractivity contribution is 7.59. The Kier molecular flexibility index (Phi) is 4.58. The molecule has 2 heterocycles. The number of hydrogen-bond acceptors (Lipinski definition) is 5. The third-order valence-corrected chi connectivity index (χ3v) is 4.91. The minimum atomic E-state index is -3.11. The molecule has 21 heavy (non-hydrogen) atoms. The molecule has 6 heteroatoms. The maximum Gasteiger partial charge on any atom is 0.425 e. The fraction of sp³-hybridized carbons (Fsp3) is 0.400. The van der Waals surface area contributed by atoms with Crippen molar-refractivity contribution >= 4 is 43.4 Å². The van der Waals surface area contributed by atoms with E-state index in [9.17, 15) is 0 Å². The van der Waals surface area contributed by atoms with Gasteiger partial charge in [-0.3, -0.25) is 4.99 Å². The zero-order chi connectivity index (χ0) is 15.6. The summed E-state index contributed by atoms with van der Waals surface area (Å²) in [4.78, 5) is 4.85. The number of hydrogen-bond donors (Lipinski definition) is 0. The van der Waals surface area contributed by atoms with Gasteiger partial charge < -0.3 is 0 Å². The standard InChI is InChI=1S/C15H17NS.O3S/c1-4-8-15(3)10(2)16-14-11-7-9-17-13(11)6-5-12(14)15;1-4(2)3/h5-7,9H,4,8H2,1-3H3;. The minimum Gasteiger partial charge on any atom is -0.256 e. The molecule has 0 bridgehead atoms. The molecule has 1 unspecified atom stereocenters. The van der Waals surface area contributed by atoms with Gasteiger partial charge >= 0.3 is 10.6 Å². The molecular formula is C15H17NO3S2. The molecule has 0 saturated carbocycles. The Balaban J connectivity index is 0.000000361. The molecule has 4 nitrogen and oxygen atoms in total. The molecule has 0 aliphatic carbocycles. The molecule has 2 aromatic rings. The number of aliphatic imine (C=N–C) groups is 1.